The molecule has 57 heavy (non-hydrogen) atoms. The minimum absolute atomic E-state index is 0.0213. The summed E-state index contributed by atoms with van der Waals surface area (Å²) in [6.45, 7) is 4.99. The number of nitrogens with zero attached hydrogens (tertiary/aromatic N) is 7. The fourth-order valence-electron chi connectivity index (χ4n) is 8.24. The molecule has 4 heterocycles. The highest BCUT2D eigenvalue weighted by molar-refractivity contribution is 7.99. The molecule has 0 unspecified atom stereocenters. The zero-order valence-electron chi connectivity index (χ0n) is 32.8. The third kappa shape index (κ3) is 9.48. The number of likely N-dealkylation sites (tertiary alicyclic amines) is 1. The first-order valence-corrected chi connectivity index (χ1v) is 22.2. The second kappa shape index (κ2) is 17.4. The molecule has 1 aromatic heterocycles. The number of hydrogen-bond acceptors (Lipinski definition) is 12. The monoisotopic (exact) mass is 827 g/mol. The molecule has 310 valence electrons. The largest absolute Gasteiger partial charge is 0.384 e. The third-order valence-electron chi connectivity index (χ3n) is 11.6. The van der Waals surface area contributed by atoms with Gasteiger partial charge < -0.3 is 26.0 Å². The summed E-state index contributed by atoms with van der Waals surface area (Å²) in [7, 11) is -1.85. The lowest BCUT2D eigenvalue weighted by Crippen LogP contribution is -2.63. The minimum Gasteiger partial charge on any atom is -0.384 e. The number of amides is 4. The zero-order valence-corrected chi connectivity index (χ0v) is 34.4. The van der Waals surface area contributed by atoms with Crippen molar-refractivity contribution in [2.45, 2.75) is 99.8 Å². The molecule has 4 aliphatic rings. The van der Waals surface area contributed by atoms with Gasteiger partial charge in [-0.2, -0.15) is 16.1 Å². The van der Waals surface area contributed by atoms with Crippen LogP contribution < -0.4 is 11.1 Å². The second-order valence-corrected chi connectivity index (χ2v) is 19.3. The number of Topliss-reactive ketones (excluding diaryl/α,β-unsaturated/α-hetero) is 1. The van der Waals surface area contributed by atoms with E-state index >= 15 is 0 Å². The van der Waals surface area contributed by atoms with Gasteiger partial charge in [0.05, 0.1) is 22.8 Å². The molecule has 17 nitrogen and oxygen atoms in total. The number of nitrogens with one attached hydrogen (secondary N) is 1. The van der Waals surface area contributed by atoms with Gasteiger partial charge in [0.1, 0.15) is 22.9 Å². The van der Waals surface area contributed by atoms with Crippen LogP contribution in [0.1, 0.15) is 93.7 Å². The molecule has 1 aromatic carbocycles. The summed E-state index contributed by atoms with van der Waals surface area (Å²) in [5.74, 6) is -3.05. The van der Waals surface area contributed by atoms with Crippen LogP contribution in [0.25, 0.3) is 0 Å². The summed E-state index contributed by atoms with van der Waals surface area (Å²) < 4.78 is 29.6. The van der Waals surface area contributed by atoms with Crippen LogP contribution in [0, 0.1) is 5.92 Å². The van der Waals surface area contributed by atoms with Gasteiger partial charge in [-0.3, -0.25) is 24.0 Å². The van der Waals surface area contributed by atoms with Gasteiger partial charge in [0, 0.05) is 44.7 Å². The normalized spacial score (nSPS) is 22.9. The minimum atomic E-state index is -3.79. The number of hydrogen-bond donors (Lipinski definition) is 3. The summed E-state index contributed by atoms with van der Waals surface area (Å²) in [5.41, 5.74) is 2.96. The van der Waals surface area contributed by atoms with Gasteiger partial charge in [0.2, 0.25) is 21.7 Å². The smallest absolute Gasteiger partial charge is 0.287 e. The number of thioether (sulfide) groups is 1. The molecule has 4 fully saturated rings. The van der Waals surface area contributed by atoms with E-state index in [1.165, 1.54) is 44.3 Å². The Balaban J connectivity index is 1.33. The standard InChI is InChI=1S/C38H53N9O8S2/c1-37(2,53)31-23-40-43-47(31)27-22-30(35(51)42-38(32(48)33(39)49)13-19-56-20-14-38)46(24-27)36(52)29(21-25-7-5-4-6-8-25)41-34(50)26-9-11-28(12-10-26)57(54,55)45-17-15-44(3)16-18-45/h9-12,23,25,27,30,53H,4-8,13-22,24H2,1-3H3,(H2,39,49)(H,42,51)/b41-29+/t27-,30-/m0/s1. The van der Waals surface area contributed by atoms with Crippen molar-refractivity contribution >= 4 is 56.9 Å². The van der Waals surface area contributed by atoms with E-state index < -0.39 is 62.7 Å². The lowest BCUT2D eigenvalue weighted by atomic mass is 9.85. The predicted octanol–water partition coefficient (Wildman–Crippen LogP) is 1.27. The first kappa shape index (κ1) is 42.6. The number of rotatable bonds is 12. The number of piperazine rings is 1. The Labute approximate surface area is 337 Å². The molecular weight excluding hydrogens is 775 g/mol. The summed E-state index contributed by atoms with van der Waals surface area (Å²) >= 11 is 1.58. The first-order chi connectivity index (χ1) is 27.0. The topological polar surface area (TPSA) is 231 Å². The number of ketones is 1. The number of likely N-dealkylation sites (N-methyl/N-ethyl adjacent to an activating group) is 1. The molecule has 4 amide bonds. The van der Waals surface area contributed by atoms with Crippen molar-refractivity contribution in [2.24, 2.45) is 16.6 Å². The zero-order chi connectivity index (χ0) is 41.1. The number of aliphatic imine (C=N–C) groups is 1. The number of aliphatic hydroxyl groups is 1. The van der Waals surface area contributed by atoms with Crippen LogP contribution in [-0.4, -0.2) is 141 Å². The number of nitrogens with two attached hydrogens (primary N) is 1. The lowest BCUT2D eigenvalue weighted by Gasteiger charge is -2.37. The molecule has 0 radical (unpaired) electrons. The molecule has 19 heteroatoms. The molecular formula is C38H53N9O8S2. The molecule has 3 aliphatic heterocycles. The van der Waals surface area contributed by atoms with Crippen LogP contribution in [0.3, 0.4) is 0 Å². The summed E-state index contributed by atoms with van der Waals surface area (Å²) in [4.78, 5) is 76.3. The van der Waals surface area contributed by atoms with Gasteiger partial charge in [-0.15, -0.1) is 5.10 Å². The average molecular weight is 828 g/mol. The van der Waals surface area contributed by atoms with Crippen molar-refractivity contribution in [1.29, 1.82) is 0 Å². The maximum absolute atomic E-state index is 14.8. The van der Waals surface area contributed by atoms with E-state index in [9.17, 15) is 37.5 Å². The highest BCUT2D eigenvalue weighted by Crippen LogP contribution is 2.35. The Hall–Kier alpha value is -4.04. The van der Waals surface area contributed by atoms with Crippen molar-refractivity contribution in [3.63, 3.8) is 0 Å². The molecule has 4 N–H and O–H groups in total. The van der Waals surface area contributed by atoms with Crippen molar-refractivity contribution in [1.82, 2.24) is 34.4 Å². The Kier molecular flexibility index (Phi) is 13.0. The maximum Gasteiger partial charge on any atom is 0.287 e. The van der Waals surface area contributed by atoms with Crippen molar-refractivity contribution in [2.75, 3.05) is 51.3 Å². The van der Waals surface area contributed by atoms with Crippen LogP contribution in [-0.2, 0) is 34.8 Å². The lowest BCUT2D eigenvalue weighted by molar-refractivity contribution is -0.143. The van der Waals surface area contributed by atoms with Gasteiger partial charge in [-0.25, -0.2) is 18.1 Å². The SMILES string of the molecule is CN1CCN(S(=O)(=O)c2ccc(C(=O)/N=C(\CC3CCCCC3)C(=O)N3C[C@@H](n4nncc4C(C)(C)O)C[C@H]3C(=O)NC3(C(=O)C(N)=O)CCSCC3)cc2)CC1. The number of carbonyl (C=O) groups is 5. The van der Waals surface area contributed by atoms with Crippen LogP contribution in [0.5, 0.6) is 0 Å². The number of sulfonamides is 1. The Morgan fingerprint density at radius 3 is 2.28 bits per heavy atom. The van der Waals surface area contributed by atoms with Gasteiger partial charge in [0.15, 0.2) is 0 Å². The summed E-state index contributed by atoms with van der Waals surface area (Å²) in [6.07, 6.45) is 6.60. The molecule has 2 aromatic rings. The number of primary amides is 1. The summed E-state index contributed by atoms with van der Waals surface area (Å²) in [5, 5.41) is 21.9. The highest BCUT2D eigenvalue weighted by atomic mass is 32.2. The fraction of sp³-hybridized carbons (Fsp3) is 0.632. The van der Waals surface area contributed by atoms with Crippen LogP contribution >= 0.6 is 11.8 Å². The Bertz CT molecular complexity index is 1980. The Morgan fingerprint density at radius 2 is 1.67 bits per heavy atom. The fourth-order valence-corrected chi connectivity index (χ4v) is 10.9. The number of benzene rings is 1. The number of carbonyl (C=O) groups excluding carboxylic acids is 5. The van der Waals surface area contributed by atoms with Crippen molar-refractivity contribution < 1.29 is 37.5 Å². The highest BCUT2D eigenvalue weighted by Gasteiger charge is 2.49. The molecule has 6 rings (SSSR count). The van der Waals surface area contributed by atoms with Crippen molar-refractivity contribution in [3.05, 3.63) is 41.7 Å². The molecule has 2 atom stereocenters. The molecule has 0 spiro atoms. The van der Waals surface area contributed by atoms with Crippen LogP contribution in [0.15, 0.2) is 40.4 Å². The van der Waals surface area contributed by atoms with E-state index in [1.807, 2.05) is 11.9 Å². The van der Waals surface area contributed by atoms with E-state index in [4.69, 9.17) is 5.73 Å². The van der Waals surface area contributed by atoms with E-state index in [0.29, 0.717) is 43.4 Å². The summed E-state index contributed by atoms with van der Waals surface area (Å²) in [6, 6.07) is 3.70. The number of aromatic nitrogens is 3. The molecule has 1 aliphatic carbocycles. The van der Waals surface area contributed by atoms with Crippen LogP contribution in [0.4, 0.5) is 0 Å². The predicted molar refractivity (Wildman–Crippen MR) is 212 cm³/mol. The average Bonchev–Trinajstić information content (AvgIpc) is 3.87. The van der Waals surface area contributed by atoms with E-state index in [0.717, 1.165) is 32.1 Å². The molecule has 1 saturated carbocycles. The van der Waals surface area contributed by atoms with E-state index in [2.05, 4.69) is 20.6 Å². The van der Waals surface area contributed by atoms with Gasteiger partial charge >= 0.3 is 0 Å². The molecule has 3 saturated heterocycles. The van der Waals surface area contributed by atoms with E-state index in [-0.39, 0.29) is 54.3 Å². The first-order valence-electron chi connectivity index (χ1n) is 19.6. The second-order valence-electron chi connectivity index (χ2n) is 16.2. The van der Waals surface area contributed by atoms with Gasteiger partial charge in [-0.05, 0) is 81.8 Å². The van der Waals surface area contributed by atoms with Gasteiger partial charge in [0.25, 0.3) is 17.7 Å². The maximum atomic E-state index is 14.8. The van der Waals surface area contributed by atoms with E-state index in [1.54, 1.807) is 25.6 Å². The molecule has 0 bridgehead atoms. The van der Waals surface area contributed by atoms with Crippen LogP contribution in [0.2, 0.25) is 0 Å². The third-order valence-corrected chi connectivity index (χ3v) is 14.5. The Morgan fingerprint density at radius 1 is 1.02 bits per heavy atom. The van der Waals surface area contributed by atoms with Crippen molar-refractivity contribution in [3.8, 4) is 0 Å². The van der Waals surface area contributed by atoms with Gasteiger partial charge in [-0.1, -0.05) is 37.3 Å². The quantitative estimate of drug-likeness (QED) is 0.203.